The zero-order valence-corrected chi connectivity index (χ0v) is 15.6. The zero-order valence-electron chi connectivity index (χ0n) is 14.1. The van der Waals surface area contributed by atoms with Gasteiger partial charge in [0.15, 0.2) is 5.78 Å². The molecule has 0 spiro atoms. The first-order chi connectivity index (χ1) is 13.2. The van der Waals surface area contributed by atoms with Crippen molar-refractivity contribution >= 4 is 29.0 Å². The fourth-order valence-corrected chi connectivity index (χ4v) is 3.36. The predicted octanol–water partition coefficient (Wildman–Crippen LogP) is 5.82. The second kappa shape index (κ2) is 7.93. The standard InChI is InChI=1S/C19H12Cl2F4N2O/c20-14-4-2-5-15(21)18(14)17(28)9-11-7-8-27(26-11)10-12-13(19(23,24)25)3-1-6-16(12)22/h1-8H,9-10H2. The van der Waals surface area contributed by atoms with E-state index in [1.54, 1.807) is 6.07 Å². The van der Waals surface area contributed by atoms with Crippen molar-refractivity contribution in [2.45, 2.75) is 19.1 Å². The van der Waals surface area contributed by atoms with E-state index in [-0.39, 0.29) is 27.8 Å². The highest BCUT2D eigenvalue weighted by Gasteiger charge is 2.34. The molecule has 0 aliphatic carbocycles. The summed E-state index contributed by atoms with van der Waals surface area (Å²) in [7, 11) is 0. The van der Waals surface area contributed by atoms with Crippen molar-refractivity contribution in [3.05, 3.63) is 86.9 Å². The van der Waals surface area contributed by atoms with Gasteiger partial charge in [-0.25, -0.2) is 4.39 Å². The molecule has 0 N–H and O–H groups in total. The topological polar surface area (TPSA) is 34.9 Å². The molecule has 0 aliphatic rings. The van der Waals surface area contributed by atoms with Gasteiger partial charge >= 0.3 is 6.18 Å². The van der Waals surface area contributed by atoms with E-state index in [0.717, 1.165) is 22.9 Å². The lowest BCUT2D eigenvalue weighted by molar-refractivity contribution is -0.138. The Morgan fingerprint density at radius 2 is 1.68 bits per heavy atom. The number of hydrogen-bond donors (Lipinski definition) is 0. The van der Waals surface area contributed by atoms with Crippen LogP contribution in [0.25, 0.3) is 0 Å². The number of carbonyl (C=O) groups is 1. The summed E-state index contributed by atoms with van der Waals surface area (Å²) in [6.07, 6.45) is -3.46. The van der Waals surface area contributed by atoms with E-state index < -0.39 is 29.7 Å². The molecule has 28 heavy (non-hydrogen) atoms. The van der Waals surface area contributed by atoms with Gasteiger partial charge in [-0.2, -0.15) is 18.3 Å². The van der Waals surface area contributed by atoms with Gasteiger partial charge in [0.1, 0.15) is 5.82 Å². The third kappa shape index (κ3) is 4.36. The van der Waals surface area contributed by atoms with Gasteiger partial charge in [-0.15, -0.1) is 0 Å². The first-order valence-electron chi connectivity index (χ1n) is 8.01. The Kier molecular flexibility index (Phi) is 5.76. The highest BCUT2D eigenvalue weighted by atomic mass is 35.5. The summed E-state index contributed by atoms with van der Waals surface area (Å²) < 4.78 is 54.4. The molecule has 146 valence electrons. The quantitative estimate of drug-likeness (QED) is 0.377. The molecule has 0 saturated heterocycles. The summed E-state index contributed by atoms with van der Waals surface area (Å²) in [6.45, 7) is -0.428. The zero-order chi connectivity index (χ0) is 20.5. The molecule has 1 heterocycles. The number of hydrogen-bond acceptors (Lipinski definition) is 2. The number of halogens is 6. The van der Waals surface area contributed by atoms with Crippen LogP contribution in [0.2, 0.25) is 10.0 Å². The van der Waals surface area contributed by atoms with E-state index >= 15 is 0 Å². The van der Waals surface area contributed by atoms with Crippen molar-refractivity contribution in [3.8, 4) is 0 Å². The Labute approximate surface area is 167 Å². The summed E-state index contributed by atoms with van der Waals surface area (Å²) >= 11 is 12.0. The maximum atomic E-state index is 14.0. The minimum Gasteiger partial charge on any atom is -0.294 e. The highest BCUT2D eigenvalue weighted by Crippen LogP contribution is 2.33. The van der Waals surface area contributed by atoms with Gasteiger partial charge in [-0.3, -0.25) is 9.48 Å². The summed E-state index contributed by atoms with van der Waals surface area (Å²) in [4.78, 5) is 12.4. The molecule has 1 aromatic heterocycles. The summed E-state index contributed by atoms with van der Waals surface area (Å²) in [5.74, 6) is -1.37. The Hall–Kier alpha value is -2.38. The third-order valence-electron chi connectivity index (χ3n) is 4.02. The van der Waals surface area contributed by atoms with Crippen molar-refractivity contribution in [3.63, 3.8) is 0 Å². The van der Waals surface area contributed by atoms with Crippen LogP contribution in [-0.2, 0) is 19.1 Å². The van der Waals surface area contributed by atoms with Crippen LogP contribution in [0.1, 0.15) is 27.2 Å². The Morgan fingerprint density at radius 1 is 1.04 bits per heavy atom. The van der Waals surface area contributed by atoms with Crippen molar-refractivity contribution in [2.24, 2.45) is 0 Å². The number of benzene rings is 2. The SMILES string of the molecule is O=C(Cc1ccn(Cc2c(F)cccc2C(F)(F)F)n1)c1c(Cl)cccc1Cl. The fraction of sp³-hybridized carbons (Fsp3) is 0.158. The Bertz CT molecular complexity index is 1010. The van der Waals surface area contributed by atoms with Crippen molar-refractivity contribution < 1.29 is 22.4 Å². The normalized spacial score (nSPS) is 11.6. The minimum absolute atomic E-state index is 0.147. The van der Waals surface area contributed by atoms with Gasteiger partial charge in [0.2, 0.25) is 0 Å². The lowest BCUT2D eigenvalue weighted by Gasteiger charge is -2.13. The molecule has 0 amide bonds. The number of rotatable bonds is 5. The molecule has 0 saturated carbocycles. The number of nitrogens with zero attached hydrogens (tertiary/aromatic N) is 2. The second-order valence-electron chi connectivity index (χ2n) is 5.96. The molecule has 0 atom stereocenters. The number of aromatic nitrogens is 2. The highest BCUT2D eigenvalue weighted by molar-refractivity contribution is 6.39. The largest absolute Gasteiger partial charge is 0.416 e. The molecule has 9 heteroatoms. The van der Waals surface area contributed by atoms with Gasteiger partial charge in [0.05, 0.1) is 39.8 Å². The van der Waals surface area contributed by atoms with Crippen LogP contribution in [0.3, 0.4) is 0 Å². The number of Topliss-reactive ketones (excluding diaryl/α,β-unsaturated/α-hetero) is 1. The fourth-order valence-electron chi connectivity index (χ4n) is 2.75. The molecule has 3 aromatic rings. The molecule has 0 aliphatic heterocycles. The lowest BCUT2D eigenvalue weighted by Crippen LogP contribution is -2.14. The van der Waals surface area contributed by atoms with Crippen LogP contribution in [0.4, 0.5) is 17.6 Å². The minimum atomic E-state index is -4.69. The van der Waals surface area contributed by atoms with Crippen LogP contribution in [0.15, 0.2) is 48.7 Å². The van der Waals surface area contributed by atoms with Crippen LogP contribution in [0, 0.1) is 5.82 Å². The van der Waals surface area contributed by atoms with Gasteiger partial charge in [0.25, 0.3) is 0 Å². The molecular weight excluding hydrogens is 419 g/mol. The second-order valence-corrected chi connectivity index (χ2v) is 6.78. The average molecular weight is 431 g/mol. The summed E-state index contributed by atoms with van der Waals surface area (Å²) in [5.41, 5.74) is -1.15. The van der Waals surface area contributed by atoms with Crippen LogP contribution >= 0.6 is 23.2 Å². The Balaban J connectivity index is 1.82. The van der Waals surface area contributed by atoms with Gasteiger partial charge < -0.3 is 0 Å². The molecule has 2 aromatic carbocycles. The molecule has 3 nitrogen and oxygen atoms in total. The summed E-state index contributed by atoms with van der Waals surface area (Å²) in [5, 5.41) is 4.46. The van der Waals surface area contributed by atoms with E-state index in [1.807, 2.05) is 0 Å². The van der Waals surface area contributed by atoms with Crippen molar-refractivity contribution in [2.75, 3.05) is 0 Å². The summed E-state index contributed by atoms with van der Waals surface area (Å²) in [6, 6.07) is 8.89. The van der Waals surface area contributed by atoms with Crippen molar-refractivity contribution in [1.29, 1.82) is 0 Å². The monoisotopic (exact) mass is 430 g/mol. The first kappa shape index (κ1) is 20.4. The van der Waals surface area contributed by atoms with Crippen molar-refractivity contribution in [1.82, 2.24) is 9.78 Å². The molecule has 0 bridgehead atoms. The number of ketones is 1. The van der Waals surface area contributed by atoms with E-state index in [0.29, 0.717) is 5.69 Å². The lowest BCUT2D eigenvalue weighted by atomic mass is 10.1. The average Bonchev–Trinajstić information content (AvgIpc) is 3.02. The van der Waals surface area contributed by atoms with Crippen LogP contribution < -0.4 is 0 Å². The van der Waals surface area contributed by atoms with Crippen LogP contribution in [-0.4, -0.2) is 15.6 Å². The van der Waals surface area contributed by atoms with E-state index in [1.165, 1.54) is 24.4 Å². The van der Waals surface area contributed by atoms with Gasteiger partial charge in [-0.05, 0) is 30.3 Å². The van der Waals surface area contributed by atoms with E-state index in [9.17, 15) is 22.4 Å². The molecule has 0 unspecified atom stereocenters. The predicted molar refractivity (Wildman–Crippen MR) is 97.2 cm³/mol. The molecule has 0 radical (unpaired) electrons. The molecule has 3 rings (SSSR count). The third-order valence-corrected chi connectivity index (χ3v) is 4.65. The van der Waals surface area contributed by atoms with Gasteiger partial charge in [0, 0.05) is 11.8 Å². The number of carbonyl (C=O) groups excluding carboxylic acids is 1. The number of alkyl halides is 3. The maximum absolute atomic E-state index is 14.0. The van der Waals surface area contributed by atoms with Crippen LogP contribution in [0.5, 0.6) is 0 Å². The van der Waals surface area contributed by atoms with E-state index in [4.69, 9.17) is 23.2 Å². The van der Waals surface area contributed by atoms with E-state index in [2.05, 4.69) is 5.10 Å². The molecule has 0 fully saturated rings. The smallest absolute Gasteiger partial charge is 0.294 e. The first-order valence-corrected chi connectivity index (χ1v) is 8.76. The maximum Gasteiger partial charge on any atom is 0.416 e. The Morgan fingerprint density at radius 3 is 2.32 bits per heavy atom. The van der Waals surface area contributed by atoms with Gasteiger partial charge in [-0.1, -0.05) is 35.3 Å². The molecular formula is C19H12Cl2F4N2O.